The van der Waals surface area contributed by atoms with Crippen molar-refractivity contribution in [2.24, 2.45) is 0 Å². The van der Waals surface area contributed by atoms with Crippen molar-refractivity contribution in [3.8, 4) is 11.5 Å². The molecule has 0 unspecified atom stereocenters. The molecule has 1 aliphatic heterocycles. The monoisotopic (exact) mass is 531 g/mol. The van der Waals surface area contributed by atoms with Gasteiger partial charge in [-0.25, -0.2) is 0 Å². The van der Waals surface area contributed by atoms with E-state index in [1.807, 2.05) is 41.8 Å². The first-order chi connectivity index (χ1) is 18.0. The van der Waals surface area contributed by atoms with Gasteiger partial charge in [0.15, 0.2) is 0 Å². The summed E-state index contributed by atoms with van der Waals surface area (Å²) in [4.78, 5) is 25.4. The van der Waals surface area contributed by atoms with Crippen LogP contribution in [0.2, 0.25) is 0 Å². The summed E-state index contributed by atoms with van der Waals surface area (Å²) < 4.78 is 13.4. The maximum Gasteiger partial charge on any atom is 0.289 e. The van der Waals surface area contributed by atoms with Gasteiger partial charge in [0.05, 0.1) is 18.9 Å². The van der Waals surface area contributed by atoms with E-state index in [1.165, 1.54) is 10.5 Å². The Labute approximate surface area is 225 Å². The predicted octanol–water partition coefficient (Wildman–Crippen LogP) is 7.30. The van der Waals surface area contributed by atoms with Crippen LogP contribution in [-0.4, -0.2) is 28.4 Å². The van der Waals surface area contributed by atoms with Gasteiger partial charge in [-0.2, -0.15) is 0 Å². The maximum absolute atomic E-state index is 12.0. The van der Waals surface area contributed by atoms with Crippen molar-refractivity contribution >= 4 is 44.3 Å². The van der Waals surface area contributed by atoms with Crippen LogP contribution in [0.4, 0.5) is 4.79 Å². The smallest absolute Gasteiger partial charge is 0.289 e. The van der Waals surface area contributed by atoms with Crippen molar-refractivity contribution in [2.45, 2.75) is 39.8 Å². The molecule has 190 valence electrons. The summed E-state index contributed by atoms with van der Waals surface area (Å²) >= 11 is 2.68. The third-order valence-corrected chi connectivity index (χ3v) is 8.29. The number of rotatable bonds is 10. The highest BCUT2D eigenvalue weighted by atomic mass is 32.2. The van der Waals surface area contributed by atoms with Crippen molar-refractivity contribution in [3.63, 3.8) is 0 Å². The summed E-state index contributed by atoms with van der Waals surface area (Å²) in [6, 6.07) is 20.6. The number of ether oxygens (including phenoxy) is 2. The van der Waals surface area contributed by atoms with Crippen molar-refractivity contribution in [3.05, 3.63) is 93.9 Å². The van der Waals surface area contributed by atoms with E-state index < -0.39 is 0 Å². The molecule has 2 heterocycles. The average molecular weight is 532 g/mol. The minimum Gasteiger partial charge on any atom is -0.493 e. The number of nitrogens with zero attached hydrogens (tertiary/aromatic N) is 1. The molecule has 2 amide bonds. The van der Waals surface area contributed by atoms with Crippen molar-refractivity contribution < 1.29 is 19.1 Å². The lowest BCUT2D eigenvalue weighted by Crippen LogP contribution is -2.27. The quantitative estimate of drug-likeness (QED) is 0.201. The van der Waals surface area contributed by atoms with E-state index in [0.29, 0.717) is 19.8 Å². The third-order valence-electron chi connectivity index (χ3n) is 6.44. The first-order valence-corrected chi connectivity index (χ1v) is 14.2. The van der Waals surface area contributed by atoms with Gasteiger partial charge < -0.3 is 9.47 Å². The molecule has 1 aliphatic rings. The lowest BCUT2D eigenvalue weighted by atomic mass is 10.0. The molecule has 0 aliphatic carbocycles. The van der Waals surface area contributed by atoms with Gasteiger partial charge in [-0.15, -0.1) is 11.3 Å². The number of thiophene rings is 1. The van der Waals surface area contributed by atoms with Crippen molar-refractivity contribution in [1.82, 2.24) is 4.90 Å². The van der Waals surface area contributed by atoms with E-state index >= 15 is 0 Å². The van der Waals surface area contributed by atoms with Crippen LogP contribution in [0.5, 0.6) is 11.5 Å². The van der Waals surface area contributed by atoms with Crippen LogP contribution in [0.15, 0.2) is 66.0 Å². The molecule has 37 heavy (non-hydrogen) atoms. The van der Waals surface area contributed by atoms with Gasteiger partial charge in [0.2, 0.25) is 5.91 Å². The number of hydrogen-bond donors (Lipinski definition) is 0. The van der Waals surface area contributed by atoms with Crippen LogP contribution < -0.4 is 9.47 Å². The number of carbonyl (C=O) groups is 2. The lowest BCUT2D eigenvalue weighted by Gasteiger charge is -2.15. The number of fused-ring (bicyclic) bond motifs is 1. The molecular weight excluding hydrogens is 502 g/mol. The number of carbonyl (C=O) groups excluding carboxylic acids is 2. The molecule has 1 aromatic heterocycles. The molecule has 0 saturated carbocycles. The number of aryl methyl sites for hydroxylation is 3. The van der Waals surface area contributed by atoms with E-state index in [2.05, 4.69) is 38.1 Å². The van der Waals surface area contributed by atoms with Gasteiger partial charge in [-0.3, -0.25) is 14.5 Å². The first-order valence-electron chi connectivity index (χ1n) is 12.4. The topological polar surface area (TPSA) is 55.8 Å². The van der Waals surface area contributed by atoms with Crippen LogP contribution in [0.25, 0.3) is 10.1 Å². The largest absolute Gasteiger partial charge is 0.493 e. The average Bonchev–Trinajstić information content (AvgIpc) is 3.51. The normalized spacial score (nSPS) is 13.5. The molecule has 1 saturated heterocycles. The van der Waals surface area contributed by atoms with Gasteiger partial charge >= 0.3 is 0 Å². The van der Waals surface area contributed by atoms with E-state index in [4.69, 9.17) is 9.47 Å². The fourth-order valence-electron chi connectivity index (χ4n) is 4.65. The Morgan fingerprint density at radius 1 is 0.919 bits per heavy atom. The highest BCUT2D eigenvalue weighted by molar-refractivity contribution is 8.14. The minimum atomic E-state index is -0.170. The summed E-state index contributed by atoms with van der Waals surface area (Å²) in [6.45, 7) is 5.68. The number of hydrogen-bond acceptors (Lipinski definition) is 6. The Bertz CT molecular complexity index is 1390. The van der Waals surface area contributed by atoms with E-state index in [9.17, 15) is 9.59 Å². The van der Waals surface area contributed by atoms with Crippen LogP contribution in [0, 0.1) is 13.8 Å². The zero-order valence-electron chi connectivity index (χ0n) is 21.0. The molecule has 0 spiro atoms. The van der Waals surface area contributed by atoms with Crippen molar-refractivity contribution in [1.29, 1.82) is 0 Å². The summed E-state index contributed by atoms with van der Waals surface area (Å²) in [5, 5.41) is 2.88. The number of imide groups is 1. The Balaban J connectivity index is 1.17. The van der Waals surface area contributed by atoms with Gasteiger partial charge in [0, 0.05) is 10.1 Å². The van der Waals surface area contributed by atoms with Crippen LogP contribution in [0.1, 0.15) is 34.2 Å². The SMILES string of the molecule is Cc1cc(CCCOc2ccc(CN3C(=O)CSC3=O)c3sccc23)cc(C)c1OCc1ccccc1. The summed E-state index contributed by atoms with van der Waals surface area (Å²) in [7, 11) is 0. The highest BCUT2D eigenvalue weighted by Gasteiger charge is 2.30. The Morgan fingerprint density at radius 3 is 2.43 bits per heavy atom. The van der Waals surface area contributed by atoms with Crippen LogP contribution in [-0.2, 0) is 24.4 Å². The van der Waals surface area contributed by atoms with Gasteiger partial charge in [-0.1, -0.05) is 60.3 Å². The zero-order chi connectivity index (χ0) is 25.8. The molecule has 4 aromatic rings. The molecule has 0 N–H and O–H groups in total. The first kappa shape index (κ1) is 25.4. The summed E-state index contributed by atoms with van der Waals surface area (Å²) in [6.07, 6.45) is 1.81. The summed E-state index contributed by atoms with van der Waals surface area (Å²) in [5.41, 5.74) is 5.71. The van der Waals surface area contributed by atoms with E-state index in [-0.39, 0.29) is 16.9 Å². The Kier molecular flexibility index (Phi) is 7.82. The second kappa shape index (κ2) is 11.4. The molecule has 3 aromatic carbocycles. The predicted molar refractivity (Wildman–Crippen MR) is 151 cm³/mol. The summed E-state index contributed by atoms with van der Waals surface area (Å²) in [5.74, 6) is 1.90. The maximum atomic E-state index is 12.0. The molecule has 0 radical (unpaired) electrons. The Hall–Kier alpha value is -3.29. The minimum absolute atomic E-state index is 0.124. The van der Waals surface area contributed by atoms with Gasteiger partial charge in [0.25, 0.3) is 5.24 Å². The zero-order valence-corrected chi connectivity index (χ0v) is 22.6. The molecule has 1 fully saturated rings. The fourth-order valence-corrected chi connectivity index (χ4v) is 6.29. The molecule has 5 rings (SSSR count). The van der Waals surface area contributed by atoms with Gasteiger partial charge in [-0.05, 0) is 72.0 Å². The van der Waals surface area contributed by atoms with Crippen molar-refractivity contribution in [2.75, 3.05) is 12.4 Å². The van der Waals surface area contributed by atoms with Gasteiger partial charge in [0.1, 0.15) is 18.1 Å². The molecule has 0 bridgehead atoms. The Morgan fingerprint density at radius 2 is 1.70 bits per heavy atom. The number of amides is 2. The second-order valence-electron chi connectivity index (χ2n) is 9.21. The molecular formula is C30H29NO4S2. The highest BCUT2D eigenvalue weighted by Crippen LogP contribution is 2.35. The molecule has 5 nitrogen and oxygen atoms in total. The fraction of sp³-hybridized carbons (Fsp3) is 0.267. The molecule has 0 atom stereocenters. The third kappa shape index (κ3) is 5.84. The lowest BCUT2D eigenvalue weighted by molar-refractivity contribution is -0.124. The van der Waals surface area contributed by atoms with Crippen LogP contribution in [0.3, 0.4) is 0 Å². The van der Waals surface area contributed by atoms with Crippen LogP contribution >= 0.6 is 23.1 Å². The van der Waals surface area contributed by atoms with E-state index in [1.54, 1.807) is 11.3 Å². The number of thioether (sulfide) groups is 1. The van der Waals surface area contributed by atoms with E-state index in [0.717, 1.165) is 68.4 Å². The molecule has 7 heteroatoms. The number of benzene rings is 3. The standard InChI is InChI=1S/C30H29NO4S2/c1-20-15-23(16-21(2)28(20)35-18-22-7-4-3-5-8-22)9-6-13-34-26-11-10-24(29-25(26)12-14-36-29)17-31-27(32)19-37-30(31)33/h3-5,7-8,10-12,14-16H,6,9,13,17-19H2,1-2H3. The second-order valence-corrected chi connectivity index (χ2v) is 11.0.